The van der Waals surface area contributed by atoms with E-state index in [1.54, 1.807) is 24.3 Å². The van der Waals surface area contributed by atoms with Gasteiger partial charge in [0.2, 0.25) is 11.8 Å². The summed E-state index contributed by atoms with van der Waals surface area (Å²) in [5.41, 5.74) is 3.29. The lowest BCUT2D eigenvalue weighted by Gasteiger charge is -2.27. The minimum atomic E-state index is -0.323. The Balaban J connectivity index is 1.76. The number of nitrogens with zero attached hydrogens (tertiary/aromatic N) is 3. The summed E-state index contributed by atoms with van der Waals surface area (Å²) in [4.78, 5) is 32.0. The van der Waals surface area contributed by atoms with Crippen molar-refractivity contribution in [1.29, 1.82) is 0 Å². The van der Waals surface area contributed by atoms with E-state index in [4.69, 9.17) is 0 Å². The molecule has 2 aromatic rings. The van der Waals surface area contributed by atoms with Gasteiger partial charge in [0.25, 0.3) is 0 Å². The fourth-order valence-corrected chi connectivity index (χ4v) is 3.26. The highest BCUT2D eigenvalue weighted by Gasteiger charge is 2.35. The molecule has 1 fully saturated rings. The molecule has 1 aromatic carbocycles. The zero-order chi connectivity index (χ0) is 17.8. The summed E-state index contributed by atoms with van der Waals surface area (Å²) in [5, 5.41) is 0. The summed E-state index contributed by atoms with van der Waals surface area (Å²) < 4.78 is 0. The Morgan fingerprint density at radius 3 is 2.64 bits per heavy atom. The summed E-state index contributed by atoms with van der Waals surface area (Å²) in [6.45, 7) is 3.14. The third-order valence-electron chi connectivity index (χ3n) is 4.79. The predicted octanol–water partition coefficient (Wildman–Crippen LogP) is 2.72. The van der Waals surface area contributed by atoms with Gasteiger partial charge in [-0.25, -0.2) is 0 Å². The molecular formula is C20H23N3O2. The van der Waals surface area contributed by atoms with Crippen molar-refractivity contribution in [3.63, 3.8) is 0 Å². The molecule has 1 aromatic heterocycles. The number of carbonyl (C=O) groups excluding carboxylic acids is 2. The van der Waals surface area contributed by atoms with Gasteiger partial charge in [-0.1, -0.05) is 18.2 Å². The first kappa shape index (κ1) is 17.1. The second-order valence-corrected chi connectivity index (χ2v) is 6.35. The quantitative estimate of drug-likeness (QED) is 0.843. The van der Waals surface area contributed by atoms with E-state index in [2.05, 4.69) is 17.1 Å². The number of likely N-dealkylation sites (N-methyl/N-ethyl adjacent to an activating group) is 2. The number of amides is 2. The van der Waals surface area contributed by atoms with Gasteiger partial charge in [0, 0.05) is 39.0 Å². The Morgan fingerprint density at radius 2 is 2.00 bits per heavy atom. The van der Waals surface area contributed by atoms with E-state index in [0.717, 1.165) is 16.7 Å². The number of rotatable bonds is 5. The summed E-state index contributed by atoms with van der Waals surface area (Å²) in [5.74, 6) is 0.0826. The third-order valence-corrected chi connectivity index (χ3v) is 4.79. The van der Waals surface area contributed by atoms with Gasteiger partial charge >= 0.3 is 0 Å². The zero-order valence-corrected chi connectivity index (χ0v) is 14.7. The van der Waals surface area contributed by atoms with Crippen LogP contribution in [0, 0.1) is 0 Å². The molecule has 1 aliphatic rings. The molecule has 0 N–H and O–H groups in total. The molecule has 0 saturated carbocycles. The van der Waals surface area contributed by atoms with E-state index in [0.29, 0.717) is 25.9 Å². The highest BCUT2D eigenvalue weighted by atomic mass is 16.2. The van der Waals surface area contributed by atoms with Crippen LogP contribution in [0.2, 0.25) is 0 Å². The monoisotopic (exact) mass is 337 g/mol. The molecular weight excluding hydrogens is 314 g/mol. The standard InChI is InChI=1S/C20H23N3O2/c1-3-23(20(25)18-7-8-19(24)22(18)2)14-15-5-4-6-17(13-15)16-9-11-21-12-10-16/h4-6,9-13,18H,3,7-8,14H2,1-2H3. The lowest BCUT2D eigenvalue weighted by Crippen LogP contribution is -2.44. The number of benzene rings is 1. The van der Waals surface area contributed by atoms with Gasteiger partial charge in [0.15, 0.2) is 0 Å². The molecule has 2 heterocycles. The number of hydrogen-bond acceptors (Lipinski definition) is 3. The molecule has 5 nitrogen and oxygen atoms in total. The van der Waals surface area contributed by atoms with Crippen molar-refractivity contribution in [3.05, 3.63) is 54.4 Å². The van der Waals surface area contributed by atoms with E-state index in [-0.39, 0.29) is 17.9 Å². The first-order chi connectivity index (χ1) is 12.1. The van der Waals surface area contributed by atoms with Gasteiger partial charge in [-0.3, -0.25) is 14.6 Å². The van der Waals surface area contributed by atoms with Crippen molar-refractivity contribution in [1.82, 2.24) is 14.8 Å². The number of hydrogen-bond donors (Lipinski definition) is 0. The van der Waals surface area contributed by atoms with Crippen molar-refractivity contribution in [2.75, 3.05) is 13.6 Å². The van der Waals surface area contributed by atoms with E-state index in [1.807, 2.05) is 36.1 Å². The van der Waals surface area contributed by atoms with Crippen LogP contribution in [0.1, 0.15) is 25.3 Å². The third kappa shape index (κ3) is 3.71. The molecule has 2 amide bonds. The van der Waals surface area contributed by atoms with Crippen molar-refractivity contribution in [3.8, 4) is 11.1 Å². The maximum Gasteiger partial charge on any atom is 0.245 e. The molecule has 25 heavy (non-hydrogen) atoms. The Labute approximate surface area is 148 Å². The second-order valence-electron chi connectivity index (χ2n) is 6.35. The highest BCUT2D eigenvalue weighted by Crippen LogP contribution is 2.22. The molecule has 130 valence electrons. The number of pyridine rings is 1. The molecule has 0 aliphatic carbocycles. The number of carbonyl (C=O) groups is 2. The molecule has 1 atom stereocenters. The van der Waals surface area contributed by atoms with E-state index < -0.39 is 0 Å². The molecule has 0 bridgehead atoms. The van der Waals surface area contributed by atoms with Crippen LogP contribution in [-0.4, -0.2) is 46.2 Å². The average Bonchev–Trinajstić information content (AvgIpc) is 2.99. The molecule has 0 spiro atoms. The van der Waals surface area contributed by atoms with Gasteiger partial charge in [-0.15, -0.1) is 0 Å². The van der Waals surface area contributed by atoms with Crippen LogP contribution in [0.3, 0.4) is 0 Å². The average molecular weight is 337 g/mol. The van der Waals surface area contributed by atoms with Crippen LogP contribution >= 0.6 is 0 Å². The highest BCUT2D eigenvalue weighted by molar-refractivity contribution is 5.90. The largest absolute Gasteiger partial charge is 0.337 e. The smallest absolute Gasteiger partial charge is 0.245 e. The SMILES string of the molecule is CCN(Cc1cccc(-c2ccncc2)c1)C(=O)C1CCC(=O)N1C. The van der Waals surface area contributed by atoms with Gasteiger partial charge < -0.3 is 9.80 Å². The van der Waals surface area contributed by atoms with Crippen LogP contribution < -0.4 is 0 Å². The van der Waals surface area contributed by atoms with E-state index in [1.165, 1.54) is 0 Å². The maximum atomic E-state index is 12.8. The van der Waals surface area contributed by atoms with Crippen LogP contribution in [-0.2, 0) is 16.1 Å². The Morgan fingerprint density at radius 1 is 1.24 bits per heavy atom. The topological polar surface area (TPSA) is 53.5 Å². The van der Waals surface area contributed by atoms with Crippen LogP contribution in [0.25, 0.3) is 11.1 Å². The number of aromatic nitrogens is 1. The van der Waals surface area contributed by atoms with Crippen molar-refractivity contribution >= 4 is 11.8 Å². The van der Waals surface area contributed by atoms with E-state index >= 15 is 0 Å². The Kier molecular flexibility index (Phi) is 5.12. The minimum absolute atomic E-state index is 0.0326. The minimum Gasteiger partial charge on any atom is -0.337 e. The van der Waals surface area contributed by atoms with Crippen molar-refractivity contribution < 1.29 is 9.59 Å². The first-order valence-corrected chi connectivity index (χ1v) is 8.64. The molecule has 0 radical (unpaired) electrons. The zero-order valence-electron chi connectivity index (χ0n) is 14.7. The van der Waals surface area contributed by atoms with Gasteiger partial charge in [-0.2, -0.15) is 0 Å². The van der Waals surface area contributed by atoms with Crippen LogP contribution in [0.5, 0.6) is 0 Å². The van der Waals surface area contributed by atoms with Crippen molar-refractivity contribution in [2.45, 2.75) is 32.4 Å². The summed E-state index contributed by atoms with van der Waals surface area (Å²) >= 11 is 0. The summed E-state index contributed by atoms with van der Waals surface area (Å²) in [6.07, 6.45) is 4.62. The summed E-state index contributed by atoms with van der Waals surface area (Å²) in [7, 11) is 1.72. The molecule has 1 aliphatic heterocycles. The van der Waals surface area contributed by atoms with E-state index in [9.17, 15) is 9.59 Å². The second kappa shape index (κ2) is 7.47. The maximum absolute atomic E-state index is 12.8. The molecule has 1 unspecified atom stereocenters. The molecule has 1 saturated heterocycles. The van der Waals surface area contributed by atoms with Crippen LogP contribution in [0.4, 0.5) is 0 Å². The molecule has 5 heteroatoms. The van der Waals surface area contributed by atoms with Gasteiger partial charge in [0.1, 0.15) is 6.04 Å². The lowest BCUT2D eigenvalue weighted by atomic mass is 10.0. The predicted molar refractivity (Wildman–Crippen MR) is 96.6 cm³/mol. The normalized spacial score (nSPS) is 17.0. The Hall–Kier alpha value is -2.69. The lowest BCUT2D eigenvalue weighted by molar-refractivity contribution is -0.140. The Bertz CT molecular complexity index is 761. The van der Waals surface area contributed by atoms with Crippen LogP contribution in [0.15, 0.2) is 48.8 Å². The number of likely N-dealkylation sites (tertiary alicyclic amines) is 1. The van der Waals surface area contributed by atoms with Crippen molar-refractivity contribution in [2.24, 2.45) is 0 Å². The van der Waals surface area contributed by atoms with Gasteiger partial charge in [0.05, 0.1) is 0 Å². The van der Waals surface area contributed by atoms with Gasteiger partial charge in [-0.05, 0) is 48.2 Å². The fourth-order valence-electron chi connectivity index (χ4n) is 3.26. The fraction of sp³-hybridized carbons (Fsp3) is 0.350. The summed E-state index contributed by atoms with van der Waals surface area (Å²) in [6, 6.07) is 11.8. The first-order valence-electron chi connectivity index (χ1n) is 8.64. The molecule has 3 rings (SSSR count).